The van der Waals surface area contributed by atoms with Crippen molar-refractivity contribution in [2.45, 2.75) is 20.3 Å². The highest BCUT2D eigenvalue weighted by Crippen LogP contribution is 1.96. The summed E-state index contributed by atoms with van der Waals surface area (Å²) in [4.78, 5) is 37.6. The third-order valence-electron chi connectivity index (χ3n) is 2.01. The number of carbonyl (C=O) groups excluding carboxylic acids is 1. The molecule has 0 radical (unpaired) electrons. The molecule has 0 unspecified atom stereocenters. The van der Waals surface area contributed by atoms with E-state index >= 15 is 0 Å². The van der Waals surface area contributed by atoms with Gasteiger partial charge in [0.05, 0.1) is 0 Å². The zero-order valence-electron chi connectivity index (χ0n) is 9.29. The Bertz CT molecular complexity index is 444. The third-order valence-corrected chi connectivity index (χ3v) is 2.01. The smallest absolute Gasteiger partial charge is 0.326 e. The first kappa shape index (κ1) is 12.2. The van der Waals surface area contributed by atoms with Gasteiger partial charge in [-0.2, -0.15) is 0 Å². The monoisotopic (exact) mass is 225 g/mol. The largest absolute Gasteiger partial charge is 0.351 e. The maximum Gasteiger partial charge on any atom is 0.326 e. The van der Waals surface area contributed by atoms with Crippen LogP contribution in [0.4, 0.5) is 0 Å². The molecule has 1 aromatic rings. The molecule has 1 rings (SSSR count). The fraction of sp³-hybridized carbons (Fsp3) is 0.500. The summed E-state index contributed by atoms with van der Waals surface area (Å²) in [5.74, 6) is 0.0439. The Hall–Kier alpha value is -1.85. The summed E-state index contributed by atoms with van der Waals surface area (Å²) in [7, 11) is 0. The third kappa shape index (κ3) is 3.72. The molecule has 0 aliphatic heterocycles. The number of aromatic amines is 2. The van der Waals surface area contributed by atoms with Crippen molar-refractivity contribution in [3.63, 3.8) is 0 Å². The van der Waals surface area contributed by atoms with Gasteiger partial charge in [0.2, 0.25) is 0 Å². The molecule has 1 amide bonds. The summed E-state index contributed by atoms with van der Waals surface area (Å²) in [6, 6.07) is 1.06. The minimum Gasteiger partial charge on any atom is -0.351 e. The van der Waals surface area contributed by atoms with Crippen molar-refractivity contribution in [1.29, 1.82) is 0 Å². The summed E-state index contributed by atoms with van der Waals surface area (Å²) in [5, 5.41) is 2.62. The van der Waals surface area contributed by atoms with E-state index in [-0.39, 0.29) is 5.69 Å². The zero-order valence-corrected chi connectivity index (χ0v) is 9.29. The molecule has 0 saturated carbocycles. The molecule has 0 fully saturated rings. The molecule has 0 aromatic carbocycles. The molecule has 6 nitrogen and oxygen atoms in total. The Labute approximate surface area is 92.1 Å². The summed E-state index contributed by atoms with van der Waals surface area (Å²) >= 11 is 0. The fourth-order valence-electron chi connectivity index (χ4n) is 1.16. The Morgan fingerprint density at radius 2 is 2.06 bits per heavy atom. The molecule has 16 heavy (non-hydrogen) atoms. The van der Waals surface area contributed by atoms with Crippen LogP contribution in [0.2, 0.25) is 0 Å². The molecule has 1 heterocycles. The molecular weight excluding hydrogens is 210 g/mol. The first-order valence-corrected chi connectivity index (χ1v) is 5.11. The molecular formula is C10H15N3O3. The lowest BCUT2D eigenvalue weighted by Gasteiger charge is -2.06. The van der Waals surface area contributed by atoms with Crippen molar-refractivity contribution in [3.05, 3.63) is 32.6 Å². The van der Waals surface area contributed by atoms with E-state index in [0.717, 1.165) is 12.5 Å². The van der Waals surface area contributed by atoms with E-state index in [2.05, 4.69) is 10.3 Å². The summed E-state index contributed by atoms with van der Waals surface area (Å²) in [6.07, 6.45) is 0.846. The van der Waals surface area contributed by atoms with Gasteiger partial charge in [-0.05, 0) is 12.3 Å². The van der Waals surface area contributed by atoms with Crippen LogP contribution in [0.25, 0.3) is 0 Å². The lowest BCUT2D eigenvalue weighted by molar-refractivity contribution is 0.0946. The van der Waals surface area contributed by atoms with Crippen molar-refractivity contribution < 1.29 is 4.79 Å². The number of carbonyl (C=O) groups is 1. The SMILES string of the molecule is CC(C)CCNC(=O)c1cc(=O)[nH]c(=O)[nH]1. The maximum absolute atomic E-state index is 11.5. The van der Waals surface area contributed by atoms with Gasteiger partial charge in [-0.15, -0.1) is 0 Å². The number of nitrogens with one attached hydrogen (secondary N) is 3. The molecule has 3 N–H and O–H groups in total. The fourth-order valence-corrected chi connectivity index (χ4v) is 1.16. The Balaban J connectivity index is 2.66. The summed E-state index contributed by atoms with van der Waals surface area (Å²) < 4.78 is 0. The van der Waals surface area contributed by atoms with E-state index in [1.807, 2.05) is 18.8 Å². The van der Waals surface area contributed by atoms with Gasteiger partial charge in [0.25, 0.3) is 11.5 Å². The molecule has 0 aliphatic rings. The lowest BCUT2D eigenvalue weighted by Crippen LogP contribution is -2.31. The van der Waals surface area contributed by atoms with Crippen LogP contribution >= 0.6 is 0 Å². The summed E-state index contributed by atoms with van der Waals surface area (Å²) in [6.45, 7) is 4.60. The van der Waals surface area contributed by atoms with Gasteiger partial charge in [0.15, 0.2) is 0 Å². The Morgan fingerprint density at radius 3 is 2.62 bits per heavy atom. The topological polar surface area (TPSA) is 94.8 Å². The highest BCUT2D eigenvalue weighted by atomic mass is 16.2. The molecule has 88 valence electrons. The highest BCUT2D eigenvalue weighted by molar-refractivity contribution is 5.91. The van der Waals surface area contributed by atoms with Crippen LogP contribution in [-0.4, -0.2) is 22.4 Å². The van der Waals surface area contributed by atoms with Crippen LogP contribution in [0.5, 0.6) is 0 Å². The van der Waals surface area contributed by atoms with Crippen molar-refractivity contribution in [2.24, 2.45) is 5.92 Å². The normalized spacial score (nSPS) is 10.4. The maximum atomic E-state index is 11.5. The van der Waals surface area contributed by atoms with E-state index < -0.39 is 17.2 Å². The van der Waals surface area contributed by atoms with Crippen molar-refractivity contribution in [2.75, 3.05) is 6.54 Å². The van der Waals surface area contributed by atoms with Crippen molar-refractivity contribution in [3.8, 4) is 0 Å². The molecule has 1 aromatic heterocycles. The number of H-pyrrole nitrogens is 2. The predicted molar refractivity (Wildman–Crippen MR) is 59.5 cm³/mol. The minimum absolute atomic E-state index is 0.0162. The predicted octanol–water partition coefficient (Wildman–Crippen LogP) is -0.161. The average Bonchev–Trinajstić information content (AvgIpc) is 2.15. The van der Waals surface area contributed by atoms with Gasteiger partial charge >= 0.3 is 5.69 Å². The van der Waals surface area contributed by atoms with E-state index in [1.54, 1.807) is 0 Å². The Morgan fingerprint density at radius 1 is 1.38 bits per heavy atom. The lowest BCUT2D eigenvalue weighted by atomic mass is 10.1. The molecule has 0 saturated heterocycles. The van der Waals surface area contributed by atoms with E-state index in [9.17, 15) is 14.4 Å². The van der Waals surface area contributed by atoms with Crippen LogP contribution in [0.15, 0.2) is 15.7 Å². The molecule has 0 aliphatic carbocycles. The Kier molecular flexibility index (Phi) is 4.04. The second-order valence-corrected chi connectivity index (χ2v) is 3.94. The van der Waals surface area contributed by atoms with Gasteiger partial charge in [-0.1, -0.05) is 13.8 Å². The van der Waals surface area contributed by atoms with Gasteiger partial charge in [0.1, 0.15) is 5.69 Å². The number of amides is 1. The summed E-state index contributed by atoms with van der Waals surface area (Å²) in [5.41, 5.74) is -1.28. The molecule has 0 spiro atoms. The molecule has 6 heteroatoms. The van der Waals surface area contributed by atoms with E-state index in [4.69, 9.17) is 0 Å². The van der Waals surface area contributed by atoms with Gasteiger partial charge in [-0.25, -0.2) is 4.79 Å². The van der Waals surface area contributed by atoms with Crippen LogP contribution in [0.3, 0.4) is 0 Å². The quantitative estimate of drug-likeness (QED) is 0.664. The second kappa shape index (κ2) is 5.29. The van der Waals surface area contributed by atoms with Gasteiger partial charge < -0.3 is 10.3 Å². The highest BCUT2D eigenvalue weighted by Gasteiger charge is 2.07. The molecule has 0 bridgehead atoms. The zero-order chi connectivity index (χ0) is 12.1. The van der Waals surface area contributed by atoms with E-state index in [0.29, 0.717) is 12.5 Å². The second-order valence-electron chi connectivity index (χ2n) is 3.94. The number of hydrogen-bond acceptors (Lipinski definition) is 3. The first-order chi connectivity index (χ1) is 7.49. The van der Waals surface area contributed by atoms with Crippen molar-refractivity contribution >= 4 is 5.91 Å². The van der Waals surface area contributed by atoms with E-state index in [1.165, 1.54) is 0 Å². The average molecular weight is 225 g/mol. The van der Waals surface area contributed by atoms with Crippen molar-refractivity contribution in [1.82, 2.24) is 15.3 Å². The number of rotatable bonds is 4. The standard InChI is InChI=1S/C10H15N3O3/c1-6(2)3-4-11-9(15)7-5-8(14)13-10(16)12-7/h5-6H,3-4H2,1-2H3,(H,11,15)(H2,12,13,14,16). The van der Waals surface area contributed by atoms with Gasteiger partial charge in [0, 0.05) is 12.6 Å². The molecule has 0 atom stereocenters. The first-order valence-electron chi connectivity index (χ1n) is 5.11. The van der Waals surface area contributed by atoms with Crippen LogP contribution < -0.4 is 16.6 Å². The van der Waals surface area contributed by atoms with Crippen LogP contribution in [-0.2, 0) is 0 Å². The number of hydrogen-bond donors (Lipinski definition) is 3. The van der Waals surface area contributed by atoms with Crippen LogP contribution in [0.1, 0.15) is 30.8 Å². The minimum atomic E-state index is -0.679. The van der Waals surface area contributed by atoms with Crippen LogP contribution in [0, 0.1) is 5.92 Å². The van der Waals surface area contributed by atoms with Gasteiger partial charge in [-0.3, -0.25) is 14.6 Å². The number of aromatic nitrogens is 2.